The average molecular weight is 288 g/mol. The number of anilines is 1. The van der Waals surface area contributed by atoms with Crippen molar-refractivity contribution in [3.05, 3.63) is 22.2 Å². The molecule has 2 aromatic rings. The Balaban J connectivity index is 2.04. The first kappa shape index (κ1) is 11.5. The Morgan fingerprint density at radius 3 is 2.94 bits per heavy atom. The van der Waals surface area contributed by atoms with Crippen molar-refractivity contribution in [2.24, 2.45) is 5.73 Å². The average Bonchev–Trinajstić information content (AvgIpc) is 2.83. The number of hydrogen-bond acceptors (Lipinski definition) is 4. The molecule has 0 spiro atoms. The van der Waals surface area contributed by atoms with E-state index in [-0.39, 0.29) is 6.04 Å². The third kappa shape index (κ3) is 2.10. The summed E-state index contributed by atoms with van der Waals surface area (Å²) in [6.45, 7) is 1.83. The summed E-state index contributed by atoms with van der Waals surface area (Å²) < 4.78 is 1.03. The SMILES string of the molecule is NC1CCN(c2nc3c(Cl)cc(Cl)cc3s2)C1. The Hall–Kier alpha value is -0.550. The van der Waals surface area contributed by atoms with Gasteiger partial charge in [0.2, 0.25) is 0 Å². The van der Waals surface area contributed by atoms with Crippen LogP contribution < -0.4 is 10.6 Å². The third-order valence-corrected chi connectivity index (χ3v) is 4.47. The van der Waals surface area contributed by atoms with E-state index in [1.54, 1.807) is 17.4 Å². The van der Waals surface area contributed by atoms with Crippen LogP contribution in [-0.4, -0.2) is 24.1 Å². The smallest absolute Gasteiger partial charge is 0.186 e. The first-order valence-electron chi connectivity index (χ1n) is 5.39. The first-order chi connectivity index (χ1) is 8.13. The Morgan fingerprint density at radius 2 is 2.24 bits per heavy atom. The van der Waals surface area contributed by atoms with Crippen LogP contribution in [0, 0.1) is 0 Å². The zero-order chi connectivity index (χ0) is 12.0. The fourth-order valence-corrected chi connectivity index (χ4v) is 3.76. The van der Waals surface area contributed by atoms with Gasteiger partial charge in [0.25, 0.3) is 0 Å². The van der Waals surface area contributed by atoms with Crippen LogP contribution in [0.15, 0.2) is 12.1 Å². The molecule has 0 saturated carbocycles. The highest BCUT2D eigenvalue weighted by molar-refractivity contribution is 7.22. The number of rotatable bonds is 1. The van der Waals surface area contributed by atoms with Crippen molar-refractivity contribution in [3.8, 4) is 0 Å². The van der Waals surface area contributed by atoms with Crippen molar-refractivity contribution in [1.82, 2.24) is 4.98 Å². The van der Waals surface area contributed by atoms with Crippen molar-refractivity contribution < 1.29 is 0 Å². The molecule has 17 heavy (non-hydrogen) atoms. The van der Waals surface area contributed by atoms with Gasteiger partial charge in [0.15, 0.2) is 5.13 Å². The van der Waals surface area contributed by atoms with Gasteiger partial charge in [-0.15, -0.1) is 0 Å². The summed E-state index contributed by atoms with van der Waals surface area (Å²) in [4.78, 5) is 6.78. The highest BCUT2D eigenvalue weighted by Crippen LogP contribution is 2.36. The quantitative estimate of drug-likeness (QED) is 0.876. The third-order valence-electron chi connectivity index (χ3n) is 2.90. The number of halogens is 2. The van der Waals surface area contributed by atoms with E-state index in [4.69, 9.17) is 28.9 Å². The van der Waals surface area contributed by atoms with Crippen molar-refractivity contribution in [1.29, 1.82) is 0 Å². The normalized spacial score (nSPS) is 20.4. The van der Waals surface area contributed by atoms with E-state index in [1.165, 1.54) is 0 Å². The van der Waals surface area contributed by atoms with E-state index in [1.807, 2.05) is 6.07 Å². The molecule has 1 aromatic heterocycles. The topological polar surface area (TPSA) is 42.1 Å². The lowest BCUT2D eigenvalue weighted by molar-refractivity contribution is 0.752. The van der Waals surface area contributed by atoms with Gasteiger partial charge in [-0.2, -0.15) is 0 Å². The van der Waals surface area contributed by atoms with Crippen LogP contribution in [0.4, 0.5) is 5.13 Å². The lowest BCUT2D eigenvalue weighted by atomic mass is 10.3. The number of thiazole rings is 1. The maximum Gasteiger partial charge on any atom is 0.186 e. The van der Waals surface area contributed by atoms with Gasteiger partial charge in [0.05, 0.1) is 9.72 Å². The second-order valence-corrected chi connectivity index (χ2v) is 6.08. The summed E-state index contributed by atoms with van der Waals surface area (Å²) in [6, 6.07) is 3.88. The molecule has 1 saturated heterocycles. The van der Waals surface area contributed by atoms with Crippen LogP contribution in [0.2, 0.25) is 10.0 Å². The molecule has 0 bridgehead atoms. The van der Waals surface area contributed by atoms with Gasteiger partial charge < -0.3 is 10.6 Å². The number of nitrogens with two attached hydrogens (primary N) is 1. The van der Waals surface area contributed by atoms with Crippen molar-refractivity contribution in [2.45, 2.75) is 12.5 Å². The molecule has 90 valence electrons. The Kier molecular flexibility index (Phi) is 2.91. The minimum Gasteiger partial charge on any atom is -0.346 e. The van der Waals surface area contributed by atoms with E-state index in [0.29, 0.717) is 10.0 Å². The number of nitrogens with zero attached hydrogens (tertiary/aromatic N) is 2. The number of hydrogen-bond donors (Lipinski definition) is 1. The molecule has 1 aliphatic rings. The fourth-order valence-electron chi connectivity index (χ4n) is 2.04. The summed E-state index contributed by atoms with van der Waals surface area (Å²) >= 11 is 13.7. The van der Waals surface area contributed by atoms with Gasteiger partial charge in [-0.25, -0.2) is 4.98 Å². The minimum atomic E-state index is 0.251. The molecule has 2 N–H and O–H groups in total. The molecule has 0 aliphatic carbocycles. The standard InChI is InChI=1S/C11H11Cl2N3S/c12-6-3-8(13)10-9(4-6)17-11(15-10)16-2-1-7(14)5-16/h3-4,7H,1-2,5,14H2. The second-order valence-electron chi connectivity index (χ2n) is 4.23. The molecule has 0 amide bonds. The van der Waals surface area contributed by atoms with Crippen LogP contribution in [0.3, 0.4) is 0 Å². The molecule has 1 unspecified atom stereocenters. The van der Waals surface area contributed by atoms with Crippen molar-refractivity contribution in [2.75, 3.05) is 18.0 Å². The Bertz CT molecular complexity index is 569. The molecule has 6 heteroatoms. The van der Waals surface area contributed by atoms with Gasteiger partial charge >= 0.3 is 0 Å². The fraction of sp³-hybridized carbons (Fsp3) is 0.364. The molecule has 1 aromatic carbocycles. The zero-order valence-electron chi connectivity index (χ0n) is 8.99. The Morgan fingerprint density at radius 1 is 1.41 bits per heavy atom. The van der Waals surface area contributed by atoms with Crippen molar-refractivity contribution in [3.63, 3.8) is 0 Å². The number of aromatic nitrogens is 1. The molecule has 3 nitrogen and oxygen atoms in total. The van der Waals surface area contributed by atoms with Gasteiger partial charge in [-0.05, 0) is 18.6 Å². The van der Waals surface area contributed by atoms with Crippen molar-refractivity contribution >= 4 is 49.9 Å². The van der Waals surface area contributed by atoms with Crippen LogP contribution >= 0.6 is 34.5 Å². The lowest BCUT2D eigenvalue weighted by Crippen LogP contribution is -2.26. The maximum absolute atomic E-state index is 6.13. The second kappa shape index (κ2) is 4.28. The van der Waals surface area contributed by atoms with E-state index in [2.05, 4.69) is 9.88 Å². The molecule has 1 atom stereocenters. The van der Waals surface area contributed by atoms with E-state index in [9.17, 15) is 0 Å². The largest absolute Gasteiger partial charge is 0.346 e. The summed E-state index contributed by atoms with van der Waals surface area (Å²) in [5.41, 5.74) is 6.73. The maximum atomic E-state index is 6.13. The predicted octanol–water partition coefficient (Wildman–Crippen LogP) is 3.14. The molecule has 0 radical (unpaired) electrons. The van der Waals surface area contributed by atoms with Gasteiger partial charge in [0.1, 0.15) is 5.52 Å². The van der Waals surface area contributed by atoms with Gasteiger partial charge in [-0.3, -0.25) is 0 Å². The first-order valence-corrected chi connectivity index (χ1v) is 6.97. The molecule has 1 fully saturated rings. The summed E-state index contributed by atoms with van der Waals surface area (Å²) in [5, 5.41) is 2.24. The van der Waals surface area contributed by atoms with E-state index >= 15 is 0 Å². The summed E-state index contributed by atoms with van der Waals surface area (Å²) in [7, 11) is 0. The highest BCUT2D eigenvalue weighted by atomic mass is 35.5. The number of benzene rings is 1. The van der Waals surface area contributed by atoms with Crippen LogP contribution in [0.25, 0.3) is 10.2 Å². The molecular weight excluding hydrogens is 277 g/mol. The van der Waals surface area contributed by atoms with Crippen LogP contribution in [-0.2, 0) is 0 Å². The molecule has 1 aliphatic heterocycles. The number of fused-ring (bicyclic) bond motifs is 1. The van der Waals surface area contributed by atoms with Gasteiger partial charge in [-0.1, -0.05) is 34.5 Å². The van der Waals surface area contributed by atoms with E-state index in [0.717, 1.165) is 34.9 Å². The highest BCUT2D eigenvalue weighted by Gasteiger charge is 2.22. The molecule has 3 rings (SSSR count). The minimum absolute atomic E-state index is 0.251. The predicted molar refractivity (Wildman–Crippen MR) is 74.4 cm³/mol. The van der Waals surface area contributed by atoms with E-state index < -0.39 is 0 Å². The molecule has 2 heterocycles. The Labute approximate surface area is 113 Å². The molecular formula is C11H11Cl2N3S. The van der Waals surface area contributed by atoms with Crippen LogP contribution in [0.5, 0.6) is 0 Å². The lowest BCUT2D eigenvalue weighted by Gasteiger charge is -2.12. The zero-order valence-corrected chi connectivity index (χ0v) is 11.3. The van der Waals surface area contributed by atoms with Gasteiger partial charge in [0, 0.05) is 24.2 Å². The summed E-state index contributed by atoms with van der Waals surface area (Å²) in [5.74, 6) is 0. The monoisotopic (exact) mass is 287 g/mol. The summed E-state index contributed by atoms with van der Waals surface area (Å²) in [6.07, 6.45) is 1.02. The van der Waals surface area contributed by atoms with Crippen LogP contribution in [0.1, 0.15) is 6.42 Å².